The summed E-state index contributed by atoms with van der Waals surface area (Å²) in [6.45, 7) is 11.9. The van der Waals surface area contributed by atoms with Gasteiger partial charge in [-0.05, 0) is 60.8 Å². The van der Waals surface area contributed by atoms with Crippen LogP contribution in [0.3, 0.4) is 0 Å². The van der Waals surface area contributed by atoms with Crippen molar-refractivity contribution in [1.29, 1.82) is 0 Å². The summed E-state index contributed by atoms with van der Waals surface area (Å²) in [6.07, 6.45) is 5.36. The number of nitrogens with zero attached hydrogens (tertiary/aromatic N) is 4. The van der Waals surface area contributed by atoms with Gasteiger partial charge < -0.3 is 15.1 Å². The lowest BCUT2D eigenvalue weighted by Crippen LogP contribution is -2.50. The van der Waals surface area contributed by atoms with Gasteiger partial charge in [-0.2, -0.15) is 0 Å². The van der Waals surface area contributed by atoms with E-state index in [2.05, 4.69) is 50.0 Å². The molecule has 6 nitrogen and oxygen atoms in total. The van der Waals surface area contributed by atoms with Crippen molar-refractivity contribution in [1.82, 2.24) is 14.9 Å². The highest BCUT2D eigenvalue weighted by atomic mass is 32.1. The molecule has 1 aliphatic carbocycles. The Morgan fingerprint density at radius 3 is 2.74 bits per heavy atom. The highest BCUT2D eigenvalue weighted by Gasteiger charge is 2.28. The minimum absolute atomic E-state index is 0.0202. The number of urea groups is 1. The van der Waals surface area contributed by atoms with E-state index in [1.807, 2.05) is 28.4 Å². The number of thiophene rings is 1. The van der Waals surface area contributed by atoms with E-state index in [4.69, 9.17) is 9.97 Å². The average Bonchev–Trinajstić information content (AvgIpc) is 3.20. The number of amides is 2. The van der Waals surface area contributed by atoms with Crippen molar-refractivity contribution < 1.29 is 4.79 Å². The zero-order chi connectivity index (χ0) is 24.5. The van der Waals surface area contributed by atoms with Gasteiger partial charge in [0, 0.05) is 43.2 Å². The Hall–Kier alpha value is -2.67. The van der Waals surface area contributed by atoms with Crippen molar-refractivity contribution in [2.75, 3.05) is 36.4 Å². The van der Waals surface area contributed by atoms with E-state index in [1.54, 1.807) is 0 Å². The molecule has 1 saturated heterocycles. The Bertz CT molecular complexity index is 1210. The molecule has 1 N–H and O–H groups in total. The quantitative estimate of drug-likeness (QED) is 0.480. The number of hydrogen-bond acceptors (Lipinski definition) is 5. The molecular formula is C28H37N5OS. The molecule has 186 valence electrons. The monoisotopic (exact) mass is 491 g/mol. The number of fused-ring (bicyclic) bond motifs is 3. The molecule has 2 aliphatic rings. The van der Waals surface area contributed by atoms with Crippen LogP contribution in [-0.4, -0.2) is 47.1 Å². The lowest BCUT2D eigenvalue weighted by atomic mass is 9.89. The van der Waals surface area contributed by atoms with E-state index in [-0.39, 0.29) is 6.03 Å². The molecule has 1 fully saturated rings. The maximum Gasteiger partial charge on any atom is 0.321 e. The molecule has 2 amide bonds. The zero-order valence-corrected chi connectivity index (χ0v) is 22.2. The van der Waals surface area contributed by atoms with Crippen molar-refractivity contribution in [2.45, 2.75) is 59.8 Å². The maximum atomic E-state index is 13.0. The molecule has 0 saturated carbocycles. The van der Waals surface area contributed by atoms with Crippen molar-refractivity contribution in [3.8, 4) is 0 Å². The van der Waals surface area contributed by atoms with Crippen molar-refractivity contribution >= 4 is 39.1 Å². The molecule has 0 spiro atoms. The van der Waals surface area contributed by atoms with Crippen LogP contribution in [0, 0.1) is 11.8 Å². The minimum Gasteiger partial charge on any atom is -0.352 e. The number of benzene rings is 1. The lowest BCUT2D eigenvalue weighted by Gasteiger charge is -2.36. The second-order valence-electron chi connectivity index (χ2n) is 10.6. The molecule has 5 rings (SSSR count). The first-order valence-corrected chi connectivity index (χ1v) is 13.9. The van der Waals surface area contributed by atoms with E-state index in [0.29, 0.717) is 19.0 Å². The van der Waals surface area contributed by atoms with Crippen LogP contribution in [-0.2, 0) is 25.7 Å². The summed E-state index contributed by atoms with van der Waals surface area (Å²) >= 11 is 1.88. The maximum absolute atomic E-state index is 13.0. The summed E-state index contributed by atoms with van der Waals surface area (Å²) in [6, 6.07) is 8.09. The summed E-state index contributed by atoms with van der Waals surface area (Å²) in [5, 5.41) is 4.36. The Kier molecular flexibility index (Phi) is 6.96. The standard InChI is InChI=1S/C28H37N5OS/c1-5-20-7-6-8-21(17-20)29-28(34)33-13-11-32(12-14-33)26-25-22-10-9-19(4)16-23(22)35-27(25)31-24(30-26)15-18(2)3/h6-8,17-19H,5,9-16H2,1-4H3,(H,29,34). The van der Waals surface area contributed by atoms with Crippen LogP contribution in [0.5, 0.6) is 0 Å². The van der Waals surface area contributed by atoms with Gasteiger partial charge in [0.15, 0.2) is 0 Å². The Labute approximate surface area is 212 Å². The zero-order valence-electron chi connectivity index (χ0n) is 21.4. The van der Waals surface area contributed by atoms with Crippen molar-refractivity contribution in [3.05, 3.63) is 46.1 Å². The van der Waals surface area contributed by atoms with Crippen LogP contribution in [0.4, 0.5) is 16.3 Å². The second-order valence-corrected chi connectivity index (χ2v) is 11.6. The third kappa shape index (κ3) is 5.15. The van der Waals surface area contributed by atoms with Gasteiger partial charge in [-0.25, -0.2) is 14.8 Å². The Balaban J connectivity index is 1.36. The number of aromatic nitrogens is 2. The van der Waals surface area contributed by atoms with E-state index in [9.17, 15) is 4.79 Å². The van der Waals surface area contributed by atoms with Gasteiger partial charge >= 0.3 is 6.03 Å². The van der Waals surface area contributed by atoms with E-state index < -0.39 is 0 Å². The molecule has 7 heteroatoms. The first-order valence-electron chi connectivity index (χ1n) is 13.1. The summed E-state index contributed by atoms with van der Waals surface area (Å²) in [5.41, 5.74) is 3.57. The minimum atomic E-state index is -0.0202. The SMILES string of the molecule is CCc1cccc(NC(=O)N2CCN(c3nc(CC(C)C)nc4sc5c(c34)CCC(C)C5)CC2)c1. The Morgan fingerprint density at radius 1 is 1.20 bits per heavy atom. The summed E-state index contributed by atoms with van der Waals surface area (Å²) in [5.74, 6) is 3.29. The number of piperazine rings is 1. The van der Waals surface area contributed by atoms with Crippen molar-refractivity contribution in [2.24, 2.45) is 11.8 Å². The van der Waals surface area contributed by atoms with Crippen LogP contribution < -0.4 is 10.2 Å². The van der Waals surface area contributed by atoms with Gasteiger partial charge in [0.1, 0.15) is 16.5 Å². The van der Waals surface area contributed by atoms with Crippen molar-refractivity contribution in [3.63, 3.8) is 0 Å². The van der Waals surface area contributed by atoms with Gasteiger partial charge in [-0.1, -0.05) is 39.8 Å². The fraction of sp³-hybridized carbons (Fsp3) is 0.536. The Morgan fingerprint density at radius 2 is 2.00 bits per heavy atom. The van der Waals surface area contributed by atoms with Gasteiger partial charge in [-0.3, -0.25) is 0 Å². The molecule has 3 heterocycles. The van der Waals surface area contributed by atoms with Gasteiger partial charge in [0.2, 0.25) is 0 Å². The highest BCUT2D eigenvalue weighted by molar-refractivity contribution is 7.19. The van der Waals surface area contributed by atoms with Gasteiger partial charge in [0.05, 0.1) is 5.39 Å². The van der Waals surface area contributed by atoms with Gasteiger partial charge in [0.25, 0.3) is 0 Å². The number of anilines is 2. The molecule has 0 radical (unpaired) electrons. The van der Waals surface area contributed by atoms with E-state index >= 15 is 0 Å². The molecular weight excluding hydrogens is 454 g/mol. The third-order valence-electron chi connectivity index (χ3n) is 7.23. The number of hydrogen-bond donors (Lipinski definition) is 1. The van der Waals surface area contributed by atoms with E-state index in [0.717, 1.165) is 66.9 Å². The highest BCUT2D eigenvalue weighted by Crippen LogP contribution is 2.41. The van der Waals surface area contributed by atoms with Crippen LogP contribution in [0.2, 0.25) is 0 Å². The fourth-order valence-corrected chi connectivity index (χ4v) is 6.64. The topological polar surface area (TPSA) is 61.4 Å². The predicted molar refractivity (Wildman–Crippen MR) is 146 cm³/mol. The second kappa shape index (κ2) is 10.1. The average molecular weight is 492 g/mol. The molecule has 3 aromatic rings. The van der Waals surface area contributed by atoms with Crippen LogP contribution in [0.1, 0.15) is 55.9 Å². The number of carbonyl (C=O) groups excluding carboxylic acids is 1. The lowest BCUT2D eigenvalue weighted by molar-refractivity contribution is 0.208. The number of carbonyl (C=O) groups is 1. The molecule has 1 aromatic carbocycles. The first-order chi connectivity index (χ1) is 16.9. The summed E-state index contributed by atoms with van der Waals surface area (Å²) in [7, 11) is 0. The molecule has 35 heavy (non-hydrogen) atoms. The van der Waals surface area contributed by atoms with Crippen LogP contribution in [0.25, 0.3) is 10.2 Å². The molecule has 1 aliphatic heterocycles. The smallest absolute Gasteiger partial charge is 0.321 e. The van der Waals surface area contributed by atoms with Crippen LogP contribution in [0.15, 0.2) is 24.3 Å². The number of aryl methyl sites for hydroxylation is 2. The first kappa shape index (κ1) is 24.0. The summed E-state index contributed by atoms with van der Waals surface area (Å²) in [4.78, 5) is 30.1. The summed E-state index contributed by atoms with van der Waals surface area (Å²) < 4.78 is 0. The largest absolute Gasteiger partial charge is 0.352 e. The van der Waals surface area contributed by atoms with Gasteiger partial charge in [-0.15, -0.1) is 11.3 Å². The molecule has 2 aromatic heterocycles. The molecule has 1 unspecified atom stereocenters. The molecule has 1 atom stereocenters. The van der Waals surface area contributed by atoms with E-state index in [1.165, 1.54) is 27.8 Å². The fourth-order valence-electron chi connectivity index (χ4n) is 5.24. The number of rotatable bonds is 5. The number of nitrogens with one attached hydrogen (secondary N) is 1. The predicted octanol–water partition coefficient (Wildman–Crippen LogP) is 5.93. The molecule has 0 bridgehead atoms. The third-order valence-corrected chi connectivity index (χ3v) is 8.37. The van der Waals surface area contributed by atoms with Crippen LogP contribution >= 0.6 is 11.3 Å². The normalized spacial score (nSPS) is 18.3.